The lowest BCUT2D eigenvalue weighted by atomic mass is 10.4. The van der Waals surface area contributed by atoms with E-state index in [0.29, 0.717) is 0 Å². The Morgan fingerprint density at radius 3 is 1.73 bits per heavy atom. The molecule has 11 heavy (non-hydrogen) atoms. The van der Waals surface area contributed by atoms with E-state index in [9.17, 15) is 10.2 Å². The summed E-state index contributed by atoms with van der Waals surface area (Å²) in [4.78, 5) is 1.32. The molecule has 0 aromatic rings. The SMILES string of the molecule is C=CC(O)N([CH]C)C(O)C=C. The molecule has 1 radical (unpaired) electrons. The van der Waals surface area contributed by atoms with Gasteiger partial charge in [0.2, 0.25) is 0 Å². The normalized spacial score (nSPS) is 16.0. The fourth-order valence-corrected chi connectivity index (χ4v) is 0.705. The Labute approximate surface area is 67.3 Å². The first kappa shape index (κ1) is 10.4. The molecule has 0 saturated carbocycles. The van der Waals surface area contributed by atoms with Crippen LogP contribution in [-0.4, -0.2) is 27.6 Å². The van der Waals surface area contributed by atoms with E-state index in [-0.39, 0.29) is 0 Å². The molecule has 2 atom stereocenters. The first-order valence-electron chi connectivity index (χ1n) is 3.35. The zero-order valence-electron chi connectivity index (χ0n) is 6.64. The summed E-state index contributed by atoms with van der Waals surface area (Å²) in [5, 5.41) is 18.4. The molecule has 63 valence electrons. The molecule has 0 rings (SSSR count). The molecule has 0 aliphatic rings. The molecule has 2 unspecified atom stereocenters. The Kier molecular flexibility index (Phi) is 4.77. The van der Waals surface area contributed by atoms with Crippen molar-refractivity contribution in [1.82, 2.24) is 4.90 Å². The lowest BCUT2D eigenvalue weighted by Gasteiger charge is -2.26. The van der Waals surface area contributed by atoms with Crippen LogP contribution in [0.5, 0.6) is 0 Å². The highest BCUT2D eigenvalue weighted by molar-refractivity contribution is 4.89. The van der Waals surface area contributed by atoms with E-state index in [0.717, 1.165) is 0 Å². The van der Waals surface area contributed by atoms with Crippen LogP contribution in [0.15, 0.2) is 25.3 Å². The number of aliphatic hydroxyl groups is 2. The second kappa shape index (κ2) is 5.07. The van der Waals surface area contributed by atoms with Gasteiger partial charge in [-0.05, 0) is 19.1 Å². The van der Waals surface area contributed by atoms with Crippen molar-refractivity contribution in [1.29, 1.82) is 0 Å². The van der Waals surface area contributed by atoms with Crippen molar-refractivity contribution < 1.29 is 10.2 Å². The molecule has 0 saturated heterocycles. The summed E-state index contributed by atoms with van der Waals surface area (Å²) in [6.07, 6.45) is 0.917. The molecule has 3 nitrogen and oxygen atoms in total. The third-order valence-electron chi connectivity index (χ3n) is 1.33. The van der Waals surface area contributed by atoms with Gasteiger partial charge in [-0.3, -0.25) is 0 Å². The van der Waals surface area contributed by atoms with Gasteiger partial charge >= 0.3 is 0 Å². The zero-order valence-corrected chi connectivity index (χ0v) is 6.64. The maximum Gasteiger partial charge on any atom is 0.128 e. The van der Waals surface area contributed by atoms with Gasteiger partial charge in [-0.25, -0.2) is 4.90 Å². The average Bonchev–Trinajstić information content (AvgIpc) is 2.05. The van der Waals surface area contributed by atoms with E-state index in [1.165, 1.54) is 17.1 Å². The number of hydrogen-bond donors (Lipinski definition) is 2. The summed E-state index contributed by atoms with van der Waals surface area (Å²) in [5.74, 6) is 0. The molecule has 0 aliphatic carbocycles. The molecule has 3 heteroatoms. The van der Waals surface area contributed by atoms with Crippen molar-refractivity contribution in [3.05, 3.63) is 31.9 Å². The molecule has 0 aliphatic heterocycles. The summed E-state index contributed by atoms with van der Waals surface area (Å²) in [7, 11) is 0. The number of hydrogen-bond acceptors (Lipinski definition) is 3. The van der Waals surface area contributed by atoms with Crippen LogP contribution < -0.4 is 0 Å². The van der Waals surface area contributed by atoms with Crippen LogP contribution in [0.1, 0.15) is 6.92 Å². The minimum atomic E-state index is -0.868. The van der Waals surface area contributed by atoms with Gasteiger partial charge in [0.15, 0.2) is 0 Å². The summed E-state index contributed by atoms with van der Waals surface area (Å²) in [6.45, 7) is 10.1. The van der Waals surface area contributed by atoms with Crippen LogP contribution in [-0.2, 0) is 0 Å². The summed E-state index contributed by atoms with van der Waals surface area (Å²) in [6, 6.07) is 0. The fourth-order valence-electron chi connectivity index (χ4n) is 0.705. The third kappa shape index (κ3) is 2.84. The van der Waals surface area contributed by atoms with Crippen molar-refractivity contribution in [2.75, 3.05) is 0 Å². The third-order valence-corrected chi connectivity index (χ3v) is 1.33. The fraction of sp³-hybridized carbons (Fsp3) is 0.375. The Hall–Kier alpha value is -0.640. The maximum atomic E-state index is 9.19. The highest BCUT2D eigenvalue weighted by atomic mass is 16.3. The van der Waals surface area contributed by atoms with Crippen LogP contribution in [0.2, 0.25) is 0 Å². The van der Waals surface area contributed by atoms with E-state index >= 15 is 0 Å². The van der Waals surface area contributed by atoms with Crippen LogP contribution in [0, 0.1) is 6.54 Å². The highest BCUT2D eigenvalue weighted by Gasteiger charge is 2.15. The van der Waals surface area contributed by atoms with Gasteiger partial charge in [0.1, 0.15) is 12.5 Å². The standard InChI is InChI=1S/C8H14NO2/c1-4-7(10)9(6-3)8(11)5-2/h4-8,10-11H,1-2H2,3H3. The number of aliphatic hydroxyl groups excluding tert-OH is 2. The summed E-state index contributed by atoms with van der Waals surface area (Å²) < 4.78 is 0. The lowest BCUT2D eigenvalue weighted by molar-refractivity contribution is -0.0341. The van der Waals surface area contributed by atoms with E-state index in [2.05, 4.69) is 13.2 Å². The zero-order chi connectivity index (χ0) is 8.85. The van der Waals surface area contributed by atoms with Gasteiger partial charge in [0.05, 0.1) is 0 Å². The molecular weight excluding hydrogens is 142 g/mol. The Bertz CT molecular complexity index is 122. The van der Waals surface area contributed by atoms with E-state index in [4.69, 9.17) is 0 Å². The second-order valence-corrected chi connectivity index (χ2v) is 2.00. The molecule has 0 fully saturated rings. The predicted octanol–water partition coefficient (Wildman–Crippen LogP) is 0.479. The van der Waals surface area contributed by atoms with E-state index in [1.807, 2.05) is 0 Å². The summed E-state index contributed by atoms with van der Waals surface area (Å²) >= 11 is 0. The Morgan fingerprint density at radius 1 is 1.18 bits per heavy atom. The second-order valence-electron chi connectivity index (χ2n) is 2.00. The van der Waals surface area contributed by atoms with Crippen LogP contribution in [0.3, 0.4) is 0 Å². The van der Waals surface area contributed by atoms with E-state index < -0.39 is 12.5 Å². The molecule has 0 bridgehead atoms. The molecule has 0 heterocycles. The summed E-state index contributed by atoms with van der Waals surface area (Å²) in [5.41, 5.74) is 0. The van der Waals surface area contributed by atoms with Crippen molar-refractivity contribution in [2.45, 2.75) is 19.4 Å². The molecule has 0 spiro atoms. The molecule has 0 aromatic carbocycles. The molecule has 0 amide bonds. The van der Waals surface area contributed by atoms with Crippen LogP contribution >= 0.6 is 0 Å². The van der Waals surface area contributed by atoms with E-state index in [1.54, 1.807) is 13.5 Å². The Balaban J connectivity index is 4.13. The highest BCUT2D eigenvalue weighted by Crippen LogP contribution is 2.05. The van der Waals surface area contributed by atoms with Gasteiger partial charge in [0, 0.05) is 6.54 Å². The minimum absolute atomic E-state index is 0.868. The predicted molar refractivity (Wildman–Crippen MR) is 44.2 cm³/mol. The minimum Gasteiger partial charge on any atom is -0.375 e. The number of rotatable bonds is 5. The van der Waals surface area contributed by atoms with Crippen molar-refractivity contribution >= 4 is 0 Å². The van der Waals surface area contributed by atoms with Crippen molar-refractivity contribution in [3.63, 3.8) is 0 Å². The maximum absolute atomic E-state index is 9.19. The van der Waals surface area contributed by atoms with Crippen molar-refractivity contribution in [3.8, 4) is 0 Å². The molecule has 2 N–H and O–H groups in total. The van der Waals surface area contributed by atoms with Crippen LogP contribution in [0.25, 0.3) is 0 Å². The van der Waals surface area contributed by atoms with Crippen molar-refractivity contribution in [2.24, 2.45) is 0 Å². The smallest absolute Gasteiger partial charge is 0.128 e. The number of nitrogens with zero attached hydrogens (tertiary/aromatic N) is 1. The topological polar surface area (TPSA) is 43.7 Å². The van der Waals surface area contributed by atoms with Gasteiger partial charge in [-0.15, -0.1) is 0 Å². The molecule has 0 aromatic heterocycles. The quantitative estimate of drug-likeness (QED) is 0.449. The molecular formula is C8H14NO2. The van der Waals surface area contributed by atoms with Gasteiger partial charge in [0.25, 0.3) is 0 Å². The first-order valence-corrected chi connectivity index (χ1v) is 3.35. The largest absolute Gasteiger partial charge is 0.375 e. The Morgan fingerprint density at radius 2 is 1.55 bits per heavy atom. The monoisotopic (exact) mass is 156 g/mol. The van der Waals surface area contributed by atoms with Crippen LogP contribution in [0.4, 0.5) is 0 Å². The van der Waals surface area contributed by atoms with Gasteiger partial charge in [-0.1, -0.05) is 13.2 Å². The van der Waals surface area contributed by atoms with Gasteiger partial charge in [-0.2, -0.15) is 0 Å². The lowest BCUT2D eigenvalue weighted by Crippen LogP contribution is -2.38. The van der Waals surface area contributed by atoms with Gasteiger partial charge < -0.3 is 10.2 Å². The average molecular weight is 156 g/mol. The first-order chi connectivity index (χ1) is 5.17.